The Kier molecular flexibility index (Phi) is 5.03. The fraction of sp³-hybridized carbons (Fsp3) is 0.636. The topological polar surface area (TPSA) is 104 Å². The highest BCUT2D eigenvalue weighted by Crippen LogP contribution is 2.60. The second-order valence-corrected chi connectivity index (χ2v) is 12.5. The highest BCUT2D eigenvalue weighted by molar-refractivity contribution is 9.10. The highest BCUT2D eigenvalue weighted by atomic mass is 79.9. The molecule has 1 aromatic carbocycles. The Morgan fingerprint density at radius 3 is 2.26 bits per heavy atom. The number of amides is 2. The third-order valence-corrected chi connectivity index (χ3v) is 10.5. The van der Waals surface area contributed by atoms with Gasteiger partial charge in [0, 0.05) is 17.6 Å². The van der Waals surface area contributed by atoms with Crippen LogP contribution in [0.1, 0.15) is 44.9 Å². The second kappa shape index (κ2) is 7.28. The zero-order chi connectivity index (χ0) is 22.0. The van der Waals surface area contributed by atoms with E-state index in [-0.39, 0.29) is 40.0 Å². The van der Waals surface area contributed by atoms with Crippen molar-refractivity contribution in [3.8, 4) is 0 Å². The first-order valence-corrected chi connectivity index (χ1v) is 13.3. The van der Waals surface area contributed by atoms with Crippen LogP contribution in [0.2, 0.25) is 0 Å². The summed E-state index contributed by atoms with van der Waals surface area (Å²) >= 11 is 3.29. The minimum absolute atomic E-state index is 0.0206. The highest BCUT2D eigenvalue weighted by Gasteiger charge is 2.60. The average Bonchev–Trinajstić information content (AvgIpc) is 3.49. The van der Waals surface area contributed by atoms with Crippen molar-refractivity contribution in [3.63, 3.8) is 0 Å². The molecule has 7 nitrogen and oxygen atoms in total. The smallest absolute Gasteiger partial charge is 0.242 e. The van der Waals surface area contributed by atoms with Crippen molar-refractivity contribution in [3.05, 3.63) is 28.7 Å². The number of sulfonamides is 1. The summed E-state index contributed by atoms with van der Waals surface area (Å²) in [5, 5.41) is 6.07. The van der Waals surface area contributed by atoms with E-state index in [1.54, 1.807) is 25.2 Å². The largest absolute Gasteiger partial charge is 0.359 e. The number of carbonyl (C=O) groups is 2. The zero-order valence-electron chi connectivity index (χ0n) is 17.5. The van der Waals surface area contributed by atoms with Crippen LogP contribution in [0.4, 0.5) is 0 Å². The lowest BCUT2D eigenvalue weighted by Gasteiger charge is -2.59. The molecule has 3 N–H and O–H groups in total. The van der Waals surface area contributed by atoms with Crippen LogP contribution in [0.5, 0.6) is 0 Å². The molecule has 0 spiro atoms. The minimum atomic E-state index is -3.83. The lowest BCUT2D eigenvalue weighted by molar-refractivity contribution is -0.150. The van der Waals surface area contributed by atoms with Crippen LogP contribution in [0.25, 0.3) is 0 Å². The molecule has 168 valence electrons. The van der Waals surface area contributed by atoms with Gasteiger partial charge in [-0.1, -0.05) is 12.1 Å². The third-order valence-electron chi connectivity index (χ3n) is 7.92. The summed E-state index contributed by atoms with van der Waals surface area (Å²) in [6.07, 6.45) is 5.63. The predicted octanol–water partition coefficient (Wildman–Crippen LogP) is 2.32. The van der Waals surface area contributed by atoms with E-state index in [0.717, 1.165) is 32.1 Å². The van der Waals surface area contributed by atoms with Crippen LogP contribution < -0.4 is 15.4 Å². The van der Waals surface area contributed by atoms with Crippen molar-refractivity contribution in [2.24, 2.45) is 23.2 Å². The molecule has 2 unspecified atom stereocenters. The van der Waals surface area contributed by atoms with E-state index >= 15 is 0 Å². The first-order valence-electron chi connectivity index (χ1n) is 11.0. The quantitative estimate of drug-likeness (QED) is 0.547. The molecule has 5 fully saturated rings. The maximum absolute atomic E-state index is 13.3. The summed E-state index contributed by atoms with van der Waals surface area (Å²) in [4.78, 5) is 26.0. The molecule has 2 amide bonds. The first-order chi connectivity index (χ1) is 14.7. The van der Waals surface area contributed by atoms with Crippen molar-refractivity contribution in [2.45, 2.75) is 61.4 Å². The van der Waals surface area contributed by atoms with Crippen molar-refractivity contribution in [2.75, 3.05) is 7.05 Å². The van der Waals surface area contributed by atoms with Crippen LogP contribution in [-0.2, 0) is 19.6 Å². The predicted molar refractivity (Wildman–Crippen MR) is 118 cm³/mol. The molecular weight excluding hydrogens is 482 g/mol. The van der Waals surface area contributed by atoms with Crippen LogP contribution in [0, 0.1) is 23.2 Å². The Balaban J connectivity index is 1.31. The Hall–Kier alpha value is -1.45. The Labute approximate surface area is 191 Å². The van der Waals surface area contributed by atoms with Gasteiger partial charge >= 0.3 is 0 Å². The molecule has 0 radical (unpaired) electrons. The van der Waals surface area contributed by atoms with Crippen molar-refractivity contribution in [1.29, 1.82) is 0 Å². The molecule has 0 saturated heterocycles. The molecule has 6 rings (SSSR count). The number of hydrogen-bond acceptors (Lipinski definition) is 4. The fourth-order valence-electron chi connectivity index (χ4n) is 6.57. The summed E-state index contributed by atoms with van der Waals surface area (Å²) in [5.41, 5.74) is -1.35. The second-order valence-electron chi connectivity index (χ2n) is 9.95. The molecule has 5 saturated carbocycles. The van der Waals surface area contributed by atoms with Gasteiger partial charge < -0.3 is 10.6 Å². The summed E-state index contributed by atoms with van der Waals surface area (Å²) < 4.78 is 29.0. The summed E-state index contributed by atoms with van der Waals surface area (Å²) in [7, 11) is -2.12. The fourth-order valence-corrected chi connectivity index (χ4v) is 9.00. The van der Waals surface area contributed by atoms with Crippen LogP contribution >= 0.6 is 15.9 Å². The van der Waals surface area contributed by atoms with E-state index in [2.05, 4.69) is 31.3 Å². The van der Waals surface area contributed by atoms with E-state index in [0.29, 0.717) is 23.2 Å². The Morgan fingerprint density at radius 1 is 1.03 bits per heavy atom. The van der Waals surface area contributed by atoms with E-state index in [1.165, 1.54) is 6.07 Å². The first kappa shape index (κ1) is 21.4. The molecular formula is C22H28BrN3O4S. The maximum Gasteiger partial charge on any atom is 0.242 e. The van der Waals surface area contributed by atoms with Crippen molar-refractivity contribution < 1.29 is 18.0 Å². The lowest BCUT2D eigenvalue weighted by atomic mass is 9.47. The number of carbonyl (C=O) groups excluding carboxylic acids is 2. The zero-order valence-corrected chi connectivity index (χ0v) is 19.9. The number of benzene rings is 1. The molecule has 5 aliphatic carbocycles. The number of rotatable bonds is 6. The van der Waals surface area contributed by atoms with Gasteiger partial charge in [-0.3, -0.25) is 9.59 Å². The van der Waals surface area contributed by atoms with Gasteiger partial charge in [-0.25, -0.2) is 8.42 Å². The van der Waals surface area contributed by atoms with Crippen LogP contribution in [0.3, 0.4) is 0 Å². The van der Waals surface area contributed by atoms with Crippen LogP contribution in [0.15, 0.2) is 33.6 Å². The summed E-state index contributed by atoms with van der Waals surface area (Å²) in [5.74, 6) is 1.02. The number of hydrogen-bond donors (Lipinski definition) is 3. The Bertz CT molecular complexity index is 1020. The van der Waals surface area contributed by atoms with E-state index in [4.69, 9.17) is 0 Å². The average molecular weight is 510 g/mol. The minimum Gasteiger partial charge on any atom is -0.359 e. The SMILES string of the molecule is CNC(=O)C12CC3CC(C1)C(NC(=O)C1(NS(=O)(=O)c4ccccc4Br)CC1)C(C3)C2. The molecule has 0 aliphatic heterocycles. The standard InChI is InChI=1S/C22H28BrN3O4S/c1-24-19(27)21-10-13-8-14(11-21)18(15(9-13)12-21)25-20(28)22(6-7-22)26-31(29,30)17-5-3-2-4-16(17)23/h2-5,13-15,18,26H,6-12H2,1H3,(H,24,27)(H,25,28). The lowest BCUT2D eigenvalue weighted by Crippen LogP contribution is -2.64. The summed E-state index contributed by atoms with van der Waals surface area (Å²) in [6, 6.07) is 6.63. The molecule has 0 aromatic heterocycles. The van der Waals surface area contributed by atoms with E-state index < -0.39 is 15.6 Å². The molecule has 1 aromatic rings. The van der Waals surface area contributed by atoms with E-state index in [1.807, 2.05) is 0 Å². The van der Waals surface area contributed by atoms with Gasteiger partial charge in [-0.05, 0) is 90.8 Å². The van der Waals surface area contributed by atoms with Gasteiger partial charge in [0.2, 0.25) is 21.8 Å². The normalized spacial score (nSPS) is 34.9. The maximum atomic E-state index is 13.3. The Morgan fingerprint density at radius 2 is 1.68 bits per heavy atom. The van der Waals surface area contributed by atoms with Gasteiger partial charge in [-0.15, -0.1) is 0 Å². The molecule has 5 aliphatic rings. The molecule has 0 heterocycles. The van der Waals surface area contributed by atoms with Crippen LogP contribution in [-0.4, -0.2) is 38.9 Å². The number of halogens is 1. The summed E-state index contributed by atoms with van der Waals surface area (Å²) in [6.45, 7) is 0. The van der Waals surface area contributed by atoms with Gasteiger partial charge in [0.25, 0.3) is 0 Å². The van der Waals surface area contributed by atoms with Gasteiger partial charge in [0.05, 0.1) is 10.3 Å². The molecule has 31 heavy (non-hydrogen) atoms. The van der Waals surface area contributed by atoms with Crippen molar-refractivity contribution in [1.82, 2.24) is 15.4 Å². The monoisotopic (exact) mass is 509 g/mol. The van der Waals surface area contributed by atoms with Gasteiger partial charge in [0.1, 0.15) is 5.54 Å². The third kappa shape index (κ3) is 3.53. The van der Waals surface area contributed by atoms with Gasteiger partial charge in [0.15, 0.2) is 0 Å². The van der Waals surface area contributed by atoms with Gasteiger partial charge in [-0.2, -0.15) is 4.72 Å². The molecule has 4 bridgehead atoms. The number of nitrogens with one attached hydrogen (secondary N) is 3. The molecule has 9 heteroatoms. The van der Waals surface area contributed by atoms with E-state index in [9.17, 15) is 18.0 Å². The van der Waals surface area contributed by atoms with Crippen molar-refractivity contribution >= 4 is 37.8 Å². The molecule has 2 atom stereocenters.